The molecule has 1 atom stereocenters. The summed E-state index contributed by atoms with van der Waals surface area (Å²) >= 11 is 0. The van der Waals surface area contributed by atoms with Crippen LogP contribution in [-0.2, 0) is 0 Å². The third-order valence-corrected chi connectivity index (χ3v) is 4.03. The van der Waals surface area contributed by atoms with E-state index in [1.54, 1.807) is 0 Å². The zero-order valence-corrected chi connectivity index (χ0v) is 13.8. The van der Waals surface area contributed by atoms with Gasteiger partial charge in [0, 0.05) is 30.0 Å². The minimum absolute atomic E-state index is 0.682. The van der Waals surface area contributed by atoms with Crippen molar-refractivity contribution in [2.45, 2.75) is 47.5 Å². The summed E-state index contributed by atoms with van der Waals surface area (Å²) in [6.07, 6.45) is 2.33. The summed E-state index contributed by atoms with van der Waals surface area (Å²) in [4.78, 5) is 2.41. The molecular weight excluding hydrogens is 244 g/mol. The molecule has 0 spiro atoms. The van der Waals surface area contributed by atoms with Crippen LogP contribution in [0.25, 0.3) is 5.70 Å². The maximum absolute atomic E-state index is 6.07. The highest BCUT2D eigenvalue weighted by atomic mass is 15.1. The Hall–Kier alpha value is -1.44. The van der Waals surface area contributed by atoms with Crippen LogP contribution >= 0.6 is 0 Å². The van der Waals surface area contributed by atoms with Gasteiger partial charge < -0.3 is 10.6 Å². The Morgan fingerprint density at radius 1 is 1.25 bits per heavy atom. The quantitative estimate of drug-likeness (QED) is 0.735. The Balaban J connectivity index is 3.02. The van der Waals surface area contributed by atoms with Crippen LogP contribution in [0, 0.1) is 19.8 Å². The van der Waals surface area contributed by atoms with Crippen molar-refractivity contribution in [1.29, 1.82) is 0 Å². The minimum atomic E-state index is 0.682. The van der Waals surface area contributed by atoms with E-state index in [9.17, 15) is 0 Å². The number of anilines is 1. The number of nitrogen functional groups attached to an aromatic ring is 1. The van der Waals surface area contributed by atoms with E-state index in [2.05, 4.69) is 58.2 Å². The molecule has 0 aliphatic heterocycles. The second kappa shape index (κ2) is 7.37. The first kappa shape index (κ1) is 16.6. The van der Waals surface area contributed by atoms with E-state index in [0.717, 1.165) is 36.5 Å². The van der Waals surface area contributed by atoms with Crippen LogP contribution in [0.1, 0.15) is 50.3 Å². The summed E-state index contributed by atoms with van der Waals surface area (Å²) < 4.78 is 0. The Morgan fingerprint density at radius 2 is 1.90 bits per heavy atom. The molecule has 20 heavy (non-hydrogen) atoms. The van der Waals surface area contributed by atoms with Crippen molar-refractivity contribution in [2.24, 2.45) is 5.92 Å². The SMILES string of the molecule is C=C(c1cc(N)c(C)cc1C)N(CCC)CC(C)CC. The molecule has 0 fully saturated rings. The average molecular weight is 274 g/mol. The summed E-state index contributed by atoms with van der Waals surface area (Å²) in [6, 6.07) is 4.23. The van der Waals surface area contributed by atoms with E-state index in [4.69, 9.17) is 5.73 Å². The molecule has 1 aromatic rings. The van der Waals surface area contributed by atoms with Crippen LogP contribution in [0.4, 0.5) is 5.69 Å². The molecule has 0 aliphatic carbocycles. The maximum atomic E-state index is 6.07. The second-order valence-corrected chi connectivity index (χ2v) is 5.93. The Labute approximate surface area is 124 Å². The topological polar surface area (TPSA) is 29.3 Å². The lowest BCUT2D eigenvalue weighted by molar-refractivity contribution is 0.331. The van der Waals surface area contributed by atoms with Crippen molar-refractivity contribution in [3.63, 3.8) is 0 Å². The number of rotatable bonds is 7. The summed E-state index contributed by atoms with van der Waals surface area (Å²) in [5.74, 6) is 0.682. The highest BCUT2D eigenvalue weighted by Crippen LogP contribution is 2.26. The average Bonchev–Trinajstić information content (AvgIpc) is 2.41. The maximum Gasteiger partial charge on any atom is 0.0370 e. The molecule has 2 nitrogen and oxygen atoms in total. The van der Waals surface area contributed by atoms with Crippen LogP contribution in [0.15, 0.2) is 18.7 Å². The first-order valence-electron chi connectivity index (χ1n) is 7.71. The van der Waals surface area contributed by atoms with Crippen LogP contribution in [0.5, 0.6) is 0 Å². The lowest BCUT2D eigenvalue weighted by atomic mass is 10.00. The van der Waals surface area contributed by atoms with E-state index in [1.807, 2.05) is 0 Å². The zero-order valence-electron chi connectivity index (χ0n) is 13.8. The highest BCUT2D eigenvalue weighted by Gasteiger charge is 2.14. The van der Waals surface area contributed by atoms with Gasteiger partial charge in [0.2, 0.25) is 0 Å². The largest absolute Gasteiger partial charge is 0.398 e. The van der Waals surface area contributed by atoms with Crippen LogP contribution in [-0.4, -0.2) is 18.0 Å². The van der Waals surface area contributed by atoms with E-state index in [0.29, 0.717) is 5.92 Å². The normalized spacial score (nSPS) is 12.2. The van der Waals surface area contributed by atoms with Gasteiger partial charge in [-0.05, 0) is 43.4 Å². The molecule has 2 heteroatoms. The van der Waals surface area contributed by atoms with E-state index in [1.165, 1.54) is 17.5 Å². The lowest BCUT2D eigenvalue weighted by Gasteiger charge is -2.30. The van der Waals surface area contributed by atoms with Crippen molar-refractivity contribution >= 4 is 11.4 Å². The van der Waals surface area contributed by atoms with Gasteiger partial charge in [0.05, 0.1) is 0 Å². The van der Waals surface area contributed by atoms with Gasteiger partial charge in [-0.1, -0.05) is 39.8 Å². The van der Waals surface area contributed by atoms with Crippen molar-refractivity contribution in [2.75, 3.05) is 18.8 Å². The zero-order chi connectivity index (χ0) is 15.3. The first-order chi connectivity index (χ1) is 9.40. The molecule has 0 aromatic heterocycles. The van der Waals surface area contributed by atoms with Gasteiger partial charge in [-0.3, -0.25) is 0 Å². The molecule has 0 aliphatic rings. The number of benzene rings is 1. The first-order valence-corrected chi connectivity index (χ1v) is 7.71. The van der Waals surface area contributed by atoms with Gasteiger partial charge in [0.25, 0.3) is 0 Å². The van der Waals surface area contributed by atoms with E-state index < -0.39 is 0 Å². The minimum Gasteiger partial charge on any atom is -0.398 e. The van der Waals surface area contributed by atoms with E-state index >= 15 is 0 Å². The fourth-order valence-corrected chi connectivity index (χ4v) is 2.46. The Morgan fingerprint density at radius 3 is 2.45 bits per heavy atom. The molecule has 1 rings (SSSR count). The summed E-state index contributed by atoms with van der Waals surface area (Å²) in [5, 5.41) is 0. The van der Waals surface area contributed by atoms with Gasteiger partial charge in [-0.15, -0.1) is 0 Å². The Kier molecular flexibility index (Phi) is 6.12. The molecular formula is C18H30N2. The summed E-state index contributed by atoms with van der Waals surface area (Å²) in [6.45, 7) is 17.4. The van der Waals surface area contributed by atoms with Gasteiger partial charge in [0.1, 0.15) is 0 Å². The molecule has 0 radical (unpaired) electrons. The third-order valence-electron chi connectivity index (χ3n) is 4.03. The molecule has 0 amide bonds. The standard InChI is InChI=1S/C18H30N2/c1-7-9-20(12-13(3)8-2)16(6)17-11-18(19)15(5)10-14(17)4/h10-11,13H,6-9,12,19H2,1-5H3. The molecule has 2 N–H and O–H groups in total. The smallest absolute Gasteiger partial charge is 0.0370 e. The molecule has 0 saturated heterocycles. The number of nitrogens with two attached hydrogens (primary N) is 1. The molecule has 0 bridgehead atoms. The molecule has 1 unspecified atom stereocenters. The van der Waals surface area contributed by atoms with Crippen molar-refractivity contribution in [3.05, 3.63) is 35.4 Å². The predicted octanol–water partition coefficient (Wildman–Crippen LogP) is 4.61. The third kappa shape index (κ3) is 4.03. The number of hydrogen-bond donors (Lipinski definition) is 1. The van der Waals surface area contributed by atoms with Crippen LogP contribution < -0.4 is 5.73 Å². The molecule has 112 valence electrons. The second-order valence-electron chi connectivity index (χ2n) is 5.93. The fourth-order valence-electron chi connectivity index (χ4n) is 2.46. The number of hydrogen-bond acceptors (Lipinski definition) is 2. The lowest BCUT2D eigenvalue weighted by Crippen LogP contribution is -2.28. The molecule has 1 aromatic carbocycles. The van der Waals surface area contributed by atoms with Gasteiger partial charge in [-0.2, -0.15) is 0 Å². The van der Waals surface area contributed by atoms with Crippen LogP contribution in [0.3, 0.4) is 0 Å². The van der Waals surface area contributed by atoms with Crippen LogP contribution in [0.2, 0.25) is 0 Å². The Bertz CT molecular complexity index is 463. The predicted molar refractivity (Wildman–Crippen MR) is 90.7 cm³/mol. The van der Waals surface area contributed by atoms with Crippen molar-refractivity contribution in [3.8, 4) is 0 Å². The number of nitrogens with zero attached hydrogens (tertiary/aromatic N) is 1. The monoisotopic (exact) mass is 274 g/mol. The summed E-state index contributed by atoms with van der Waals surface area (Å²) in [7, 11) is 0. The van der Waals surface area contributed by atoms with E-state index in [-0.39, 0.29) is 0 Å². The number of aryl methyl sites for hydroxylation is 2. The fraction of sp³-hybridized carbons (Fsp3) is 0.556. The van der Waals surface area contributed by atoms with Crippen molar-refractivity contribution < 1.29 is 0 Å². The van der Waals surface area contributed by atoms with Gasteiger partial charge in [0.15, 0.2) is 0 Å². The van der Waals surface area contributed by atoms with Gasteiger partial charge in [-0.25, -0.2) is 0 Å². The molecule has 0 saturated carbocycles. The highest BCUT2D eigenvalue weighted by molar-refractivity contribution is 5.69. The molecule has 0 heterocycles. The summed E-state index contributed by atoms with van der Waals surface area (Å²) in [5.41, 5.74) is 11.6. The van der Waals surface area contributed by atoms with Gasteiger partial charge >= 0.3 is 0 Å². The van der Waals surface area contributed by atoms with Crippen molar-refractivity contribution in [1.82, 2.24) is 4.90 Å².